The number of aryl methyl sites for hydroxylation is 1. The van der Waals surface area contributed by atoms with Gasteiger partial charge in [-0.05, 0) is 36.8 Å². The highest BCUT2D eigenvalue weighted by Gasteiger charge is 2.14. The van der Waals surface area contributed by atoms with E-state index in [2.05, 4.69) is 21.4 Å². The maximum atomic E-state index is 9.20. The van der Waals surface area contributed by atoms with Gasteiger partial charge < -0.3 is 10.4 Å². The van der Waals surface area contributed by atoms with Crippen molar-refractivity contribution in [3.63, 3.8) is 0 Å². The van der Waals surface area contributed by atoms with E-state index in [1.54, 1.807) is 6.33 Å². The van der Waals surface area contributed by atoms with Crippen LogP contribution in [0.4, 0.5) is 5.82 Å². The summed E-state index contributed by atoms with van der Waals surface area (Å²) in [5.41, 5.74) is 4.58. The molecule has 0 bridgehead atoms. The summed E-state index contributed by atoms with van der Waals surface area (Å²) in [6, 6.07) is 7.99. The predicted octanol–water partition coefficient (Wildman–Crippen LogP) is 2.85. The van der Waals surface area contributed by atoms with Crippen molar-refractivity contribution in [3.8, 4) is 0 Å². The van der Waals surface area contributed by atoms with E-state index in [1.165, 1.54) is 30.5 Å². The summed E-state index contributed by atoms with van der Waals surface area (Å²) in [6.45, 7) is 0.800. The molecule has 0 aliphatic heterocycles. The normalized spacial score (nSPS) is 14.3. The number of nitrogens with zero attached hydrogens (tertiary/aromatic N) is 2. The molecule has 1 aromatic carbocycles. The lowest BCUT2D eigenvalue weighted by molar-refractivity contribution is 0.281. The second-order valence-electron chi connectivity index (χ2n) is 5.54. The Labute approximate surface area is 125 Å². The van der Waals surface area contributed by atoms with E-state index in [0.29, 0.717) is 0 Å². The Morgan fingerprint density at radius 3 is 2.81 bits per heavy atom. The summed E-state index contributed by atoms with van der Waals surface area (Å²) in [6.07, 6.45) is 7.50. The third-order valence-corrected chi connectivity index (χ3v) is 4.01. The highest BCUT2D eigenvalue weighted by Crippen LogP contribution is 2.24. The van der Waals surface area contributed by atoms with Gasteiger partial charge in [-0.25, -0.2) is 9.97 Å². The maximum absolute atomic E-state index is 9.20. The minimum atomic E-state index is 0.0801. The summed E-state index contributed by atoms with van der Waals surface area (Å²) in [4.78, 5) is 8.86. The van der Waals surface area contributed by atoms with Gasteiger partial charge in [-0.2, -0.15) is 0 Å². The maximum Gasteiger partial charge on any atom is 0.133 e. The van der Waals surface area contributed by atoms with Crippen molar-refractivity contribution in [1.29, 1.82) is 0 Å². The number of fused-ring (bicyclic) bond motifs is 1. The average molecular weight is 283 g/mol. The molecule has 0 amide bonds. The summed E-state index contributed by atoms with van der Waals surface area (Å²) in [5, 5.41) is 12.6. The molecule has 0 radical (unpaired) electrons. The van der Waals surface area contributed by atoms with Crippen molar-refractivity contribution >= 4 is 5.82 Å². The van der Waals surface area contributed by atoms with E-state index >= 15 is 0 Å². The summed E-state index contributed by atoms with van der Waals surface area (Å²) < 4.78 is 0. The van der Waals surface area contributed by atoms with Crippen LogP contribution in [0.1, 0.15) is 41.6 Å². The van der Waals surface area contributed by atoms with Gasteiger partial charge in [0.15, 0.2) is 0 Å². The molecule has 0 unspecified atom stereocenters. The van der Waals surface area contributed by atoms with Gasteiger partial charge >= 0.3 is 0 Å². The molecule has 110 valence electrons. The zero-order valence-corrected chi connectivity index (χ0v) is 12.2. The molecule has 0 fully saturated rings. The zero-order valence-electron chi connectivity index (χ0n) is 12.2. The number of benzene rings is 1. The van der Waals surface area contributed by atoms with Crippen LogP contribution in [-0.4, -0.2) is 15.1 Å². The Bertz CT molecular complexity index is 613. The summed E-state index contributed by atoms with van der Waals surface area (Å²) in [7, 11) is 0. The fourth-order valence-corrected chi connectivity index (χ4v) is 2.87. The third kappa shape index (κ3) is 3.39. The first-order valence-corrected chi connectivity index (χ1v) is 7.62. The van der Waals surface area contributed by atoms with Crippen LogP contribution in [-0.2, 0) is 26.0 Å². The first-order valence-electron chi connectivity index (χ1n) is 7.62. The van der Waals surface area contributed by atoms with E-state index in [9.17, 15) is 5.11 Å². The van der Waals surface area contributed by atoms with Gasteiger partial charge in [0.2, 0.25) is 0 Å². The fourth-order valence-electron chi connectivity index (χ4n) is 2.87. The number of aliphatic hydroxyl groups is 1. The van der Waals surface area contributed by atoms with Crippen molar-refractivity contribution in [2.24, 2.45) is 0 Å². The van der Waals surface area contributed by atoms with Crippen molar-refractivity contribution in [2.75, 3.05) is 5.32 Å². The topological polar surface area (TPSA) is 58.0 Å². The van der Waals surface area contributed by atoms with Crippen molar-refractivity contribution < 1.29 is 5.11 Å². The average Bonchev–Trinajstić information content (AvgIpc) is 2.79. The Hall–Kier alpha value is -1.94. The van der Waals surface area contributed by atoms with Crippen LogP contribution >= 0.6 is 0 Å². The molecule has 2 aromatic rings. The SMILES string of the molecule is OCc1cccc(CNc2ncnc3c2CCCCC3)c1. The van der Waals surface area contributed by atoms with Crippen LogP contribution in [0.15, 0.2) is 30.6 Å². The highest BCUT2D eigenvalue weighted by molar-refractivity contribution is 5.47. The van der Waals surface area contributed by atoms with E-state index in [1.807, 2.05) is 18.2 Å². The lowest BCUT2D eigenvalue weighted by Crippen LogP contribution is -2.08. The second-order valence-corrected chi connectivity index (χ2v) is 5.54. The molecule has 0 saturated carbocycles. The molecular formula is C17H21N3O. The molecule has 1 aromatic heterocycles. The molecular weight excluding hydrogens is 262 g/mol. The Morgan fingerprint density at radius 1 is 1.05 bits per heavy atom. The number of rotatable bonds is 4. The lowest BCUT2D eigenvalue weighted by Gasteiger charge is -2.12. The zero-order chi connectivity index (χ0) is 14.5. The second kappa shape index (κ2) is 6.68. The van der Waals surface area contributed by atoms with Crippen LogP contribution in [0.2, 0.25) is 0 Å². The van der Waals surface area contributed by atoms with Crippen LogP contribution in [0.25, 0.3) is 0 Å². The monoisotopic (exact) mass is 283 g/mol. The Morgan fingerprint density at radius 2 is 1.90 bits per heavy atom. The van der Waals surface area contributed by atoms with Gasteiger partial charge in [0.25, 0.3) is 0 Å². The first kappa shape index (κ1) is 14.0. The number of nitrogens with one attached hydrogen (secondary N) is 1. The van der Waals surface area contributed by atoms with Gasteiger partial charge in [0.1, 0.15) is 12.1 Å². The van der Waals surface area contributed by atoms with Crippen LogP contribution in [0.5, 0.6) is 0 Å². The molecule has 0 atom stereocenters. The Balaban J connectivity index is 1.76. The van der Waals surface area contributed by atoms with Gasteiger partial charge in [-0.15, -0.1) is 0 Å². The molecule has 4 nitrogen and oxygen atoms in total. The largest absolute Gasteiger partial charge is 0.392 e. The minimum absolute atomic E-state index is 0.0801. The van der Waals surface area contributed by atoms with E-state index in [0.717, 1.165) is 36.3 Å². The summed E-state index contributed by atoms with van der Waals surface area (Å²) in [5.74, 6) is 0.969. The molecule has 1 heterocycles. The van der Waals surface area contributed by atoms with Crippen molar-refractivity contribution in [3.05, 3.63) is 53.0 Å². The minimum Gasteiger partial charge on any atom is -0.392 e. The molecule has 4 heteroatoms. The van der Waals surface area contributed by atoms with E-state index < -0.39 is 0 Å². The van der Waals surface area contributed by atoms with Crippen LogP contribution in [0, 0.1) is 0 Å². The number of hydrogen-bond donors (Lipinski definition) is 2. The number of aliphatic hydroxyl groups excluding tert-OH is 1. The summed E-state index contributed by atoms with van der Waals surface area (Å²) >= 11 is 0. The molecule has 1 aliphatic carbocycles. The number of hydrogen-bond acceptors (Lipinski definition) is 4. The molecule has 0 saturated heterocycles. The van der Waals surface area contributed by atoms with Gasteiger partial charge in [-0.3, -0.25) is 0 Å². The molecule has 21 heavy (non-hydrogen) atoms. The molecule has 0 spiro atoms. The van der Waals surface area contributed by atoms with E-state index in [4.69, 9.17) is 0 Å². The van der Waals surface area contributed by atoms with Crippen molar-refractivity contribution in [1.82, 2.24) is 9.97 Å². The van der Waals surface area contributed by atoms with Gasteiger partial charge in [0.05, 0.1) is 6.61 Å². The highest BCUT2D eigenvalue weighted by atomic mass is 16.3. The quantitative estimate of drug-likeness (QED) is 0.847. The van der Waals surface area contributed by atoms with Crippen molar-refractivity contribution in [2.45, 2.75) is 45.3 Å². The number of anilines is 1. The molecule has 2 N–H and O–H groups in total. The third-order valence-electron chi connectivity index (χ3n) is 4.01. The van der Waals surface area contributed by atoms with Gasteiger partial charge in [-0.1, -0.05) is 30.7 Å². The fraction of sp³-hybridized carbons (Fsp3) is 0.412. The van der Waals surface area contributed by atoms with Crippen LogP contribution in [0.3, 0.4) is 0 Å². The molecule has 3 rings (SSSR count). The predicted molar refractivity (Wildman–Crippen MR) is 83.0 cm³/mol. The lowest BCUT2D eigenvalue weighted by atomic mass is 10.1. The van der Waals surface area contributed by atoms with Crippen LogP contribution < -0.4 is 5.32 Å². The first-order chi connectivity index (χ1) is 10.4. The standard InChI is InChI=1S/C17H21N3O/c21-11-14-6-4-5-13(9-14)10-18-17-15-7-2-1-3-8-16(15)19-12-20-17/h4-6,9,12,21H,1-3,7-8,10-11H2,(H,18,19,20). The smallest absolute Gasteiger partial charge is 0.133 e. The Kier molecular flexibility index (Phi) is 4.46. The number of aromatic nitrogens is 2. The van der Waals surface area contributed by atoms with Gasteiger partial charge in [0, 0.05) is 17.8 Å². The molecule has 1 aliphatic rings. The van der Waals surface area contributed by atoms with E-state index in [-0.39, 0.29) is 6.61 Å².